The van der Waals surface area contributed by atoms with Crippen molar-refractivity contribution in [2.75, 3.05) is 0 Å². The lowest BCUT2D eigenvalue weighted by Gasteiger charge is -2.02. The van der Waals surface area contributed by atoms with Crippen molar-refractivity contribution in [3.63, 3.8) is 0 Å². The monoisotopic (exact) mass is 282 g/mol. The van der Waals surface area contributed by atoms with Crippen molar-refractivity contribution in [2.24, 2.45) is 0 Å². The highest BCUT2D eigenvalue weighted by molar-refractivity contribution is 9.08. The molecule has 4 heteroatoms. The molecule has 2 aromatic rings. The molecule has 2 heterocycles. The molecule has 2 nitrogen and oxygen atoms in total. The van der Waals surface area contributed by atoms with Gasteiger partial charge in [-0.2, -0.15) is 0 Å². The highest BCUT2D eigenvalue weighted by Crippen LogP contribution is 2.25. The molecule has 0 aliphatic carbocycles. The normalized spacial score (nSPS) is 10.6. The average molecular weight is 283 g/mol. The van der Waals surface area contributed by atoms with Gasteiger partial charge < -0.3 is 0 Å². The third kappa shape index (κ3) is 2.26. The molecule has 2 rings (SSSR count). The fourth-order valence-corrected chi connectivity index (χ4v) is 2.66. The lowest BCUT2D eigenvalue weighted by molar-refractivity contribution is 1.07. The number of hydrogen-bond acceptors (Lipinski definition) is 3. The Hall–Kier alpha value is -0.740. The van der Waals surface area contributed by atoms with E-state index < -0.39 is 0 Å². The molecule has 0 aromatic carbocycles. The number of rotatable bonds is 2. The van der Waals surface area contributed by atoms with Crippen molar-refractivity contribution in [1.29, 1.82) is 0 Å². The molecule has 0 unspecified atom stereocenters. The predicted octanol–water partition coefficient (Wildman–Crippen LogP) is 3.72. The maximum Gasteiger partial charge on any atom is 0.169 e. The standard InChI is InChI=1S/C11H11BrN2S/c1-7-6-13-11(14-9(7)5-12)10-4-3-8(2)15-10/h3-4,6H,5H2,1-2H3. The van der Waals surface area contributed by atoms with Crippen LogP contribution in [-0.2, 0) is 5.33 Å². The minimum Gasteiger partial charge on any atom is -0.236 e. The van der Waals surface area contributed by atoms with Gasteiger partial charge in [-0.05, 0) is 31.5 Å². The quantitative estimate of drug-likeness (QED) is 0.785. The molecule has 78 valence electrons. The molecule has 0 fully saturated rings. The van der Waals surface area contributed by atoms with Gasteiger partial charge in [0.1, 0.15) is 0 Å². The summed E-state index contributed by atoms with van der Waals surface area (Å²) in [5.41, 5.74) is 2.19. The van der Waals surface area contributed by atoms with Crippen LogP contribution >= 0.6 is 27.3 Å². The molecule has 0 spiro atoms. The smallest absolute Gasteiger partial charge is 0.169 e. The van der Waals surface area contributed by atoms with E-state index >= 15 is 0 Å². The molecule has 0 saturated carbocycles. The van der Waals surface area contributed by atoms with Crippen molar-refractivity contribution in [3.8, 4) is 10.7 Å². The molecule has 0 aliphatic heterocycles. The van der Waals surface area contributed by atoms with Crippen LogP contribution in [0.2, 0.25) is 0 Å². The maximum atomic E-state index is 4.53. The number of thiophene rings is 1. The van der Waals surface area contributed by atoms with E-state index in [0.717, 1.165) is 27.3 Å². The summed E-state index contributed by atoms with van der Waals surface area (Å²) < 4.78 is 0. The van der Waals surface area contributed by atoms with Crippen molar-refractivity contribution in [3.05, 3.63) is 34.5 Å². The van der Waals surface area contributed by atoms with Crippen molar-refractivity contribution >= 4 is 27.3 Å². The fourth-order valence-electron chi connectivity index (χ4n) is 1.29. The largest absolute Gasteiger partial charge is 0.236 e. The second kappa shape index (κ2) is 4.41. The van der Waals surface area contributed by atoms with Crippen molar-refractivity contribution < 1.29 is 0 Å². The van der Waals surface area contributed by atoms with E-state index in [1.807, 2.05) is 13.1 Å². The van der Waals surface area contributed by atoms with Crippen LogP contribution in [0.4, 0.5) is 0 Å². The molecule has 0 saturated heterocycles. The highest BCUT2D eigenvalue weighted by atomic mass is 79.9. The number of alkyl halides is 1. The lowest BCUT2D eigenvalue weighted by atomic mass is 10.3. The Morgan fingerprint density at radius 3 is 2.73 bits per heavy atom. The Kier molecular flexibility index (Phi) is 3.17. The van der Waals surface area contributed by atoms with E-state index in [1.54, 1.807) is 11.3 Å². The van der Waals surface area contributed by atoms with Gasteiger partial charge in [-0.25, -0.2) is 9.97 Å². The Morgan fingerprint density at radius 2 is 2.13 bits per heavy atom. The summed E-state index contributed by atoms with van der Waals surface area (Å²) in [4.78, 5) is 11.3. The summed E-state index contributed by atoms with van der Waals surface area (Å²) >= 11 is 5.16. The van der Waals surface area contributed by atoms with Gasteiger partial charge in [-0.3, -0.25) is 0 Å². The minimum atomic E-state index is 0.776. The summed E-state index contributed by atoms with van der Waals surface area (Å²) in [7, 11) is 0. The SMILES string of the molecule is Cc1ccc(-c2ncc(C)c(CBr)n2)s1. The summed E-state index contributed by atoms with van der Waals surface area (Å²) in [6.45, 7) is 4.12. The molecule has 0 bridgehead atoms. The van der Waals surface area contributed by atoms with Crippen LogP contribution in [-0.4, -0.2) is 9.97 Å². The van der Waals surface area contributed by atoms with E-state index in [1.165, 1.54) is 4.88 Å². The van der Waals surface area contributed by atoms with Crippen LogP contribution < -0.4 is 0 Å². The zero-order valence-electron chi connectivity index (χ0n) is 8.62. The summed E-state index contributed by atoms with van der Waals surface area (Å²) in [5, 5.41) is 0.776. The van der Waals surface area contributed by atoms with Crippen molar-refractivity contribution in [1.82, 2.24) is 9.97 Å². The molecule has 0 amide bonds. The zero-order chi connectivity index (χ0) is 10.8. The van der Waals surface area contributed by atoms with Crippen LogP contribution in [0.1, 0.15) is 16.1 Å². The Balaban J connectivity index is 2.45. The third-order valence-corrected chi connectivity index (χ3v) is 3.69. The minimum absolute atomic E-state index is 0.776. The highest BCUT2D eigenvalue weighted by Gasteiger charge is 2.06. The first-order chi connectivity index (χ1) is 7.20. The van der Waals surface area contributed by atoms with Crippen LogP contribution in [0.3, 0.4) is 0 Å². The first-order valence-electron chi connectivity index (χ1n) is 4.66. The fraction of sp³-hybridized carbons (Fsp3) is 0.273. The predicted molar refractivity (Wildman–Crippen MR) is 67.5 cm³/mol. The number of nitrogens with zero attached hydrogens (tertiary/aromatic N) is 2. The Bertz CT molecular complexity index is 479. The molecular formula is C11H11BrN2S. The number of halogens is 1. The number of hydrogen-bond donors (Lipinski definition) is 0. The first-order valence-corrected chi connectivity index (χ1v) is 6.60. The van der Waals surface area contributed by atoms with Gasteiger partial charge >= 0.3 is 0 Å². The molecular weight excluding hydrogens is 272 g/mol. The Morgan fingerprint density at radius 1 is 1.33 bits per heavy atom. The second-order valence-corrected chi connectivity index (χ2v) is 5.22. The van der Waals surface area contributed by atoms with E-state index in [-0.39, 0.29) is 0 Å². The van der Waals surface area contributed by atoms with Gasteiger partial charge in [0, 0.05) is 16.4 Å². The molecule has 0 aliphatic rings. The van der Waals surface area contributed by atoms with Gasteiger partial charge in [-0.1, -0.05) is 15.9 Å². The second-order valence-electron chi connectivity index (χ2n) is 3.37. The average Bonchev–Trinajstić information content (AvgIpc) is 2.66. The van der Waals surface area contributed by atoms with Gasteiger partial charge in [-0.15, -0.1) is 11.3 Å². The molecule has 0 N–H and O–H groups in total. The van der Waals surface area contributed by atoms with Gasteiger partial charge in [0.05, 0.1) is 10.6 Å². The maximum absolute atomic E-state index is 4.53. The molecule has 15 heavy (non-hydrogen) atoms. The zero-order valence-corrected chi connectivity index (χ0v) is 11.0. The van der Waals surface area contributed by atoms with E-state index in [0.29, 0.717) is 0 Å². The third-order valence-electron chi connectivity index (χ3n) is 2.16. The number of aryl methyl sites for hydroxylation is 2. The lowest BCUT2D eigenvalue weighted by Crippen LogP contribution is -1.95. The Labute approximate surface area is 102 Å². The van der Waals surface area contributed by atoms with E-state index in [4.69, 9.17) is 0 Å². The van der Waals surface area contributed by atoms with Crippen LogP contribution in [0.15, 0.2) is 18.3 Å². The van der Waals surface area contributed by atoms with E-state index in [9.17, 15) is 0 Å². The molecule has 0 atom stereocenters. The van der Waals surface area contributed by atoms with Crippen molar-refractivity contribution in [2.45, 2.75) is 19.2 Å². The summed E-state index contributed by atoms with van der Waals surface area (Å²) in [6, 6.07) is 4.17. The van der Waals surface area contributed by atoms with Gasteiger partial charge in [0.25, 0.3) is 0 Å². The van der Waals surface area contributed by atoms with E-state index in [2.05, 4.69) is 45.0 Å². The van der Waals surface area contributed by atoms with Crippen LogP contribution in [0.5, 0.6) is 0 Å². The molecule has 2 aromatic heterocycles. The summed E-state index contributed by atoms with van der Waals surface area (Å²) in [5.74, 6) is 0.827. The first kappa shape index (κ1) is 10.8. The topological polar surface area (TPSA) is 25.8 Å². The van der Waals surface area contributed by atoms with Gasteiger partial charge in [0.2, 0.25) is 0 Å². The molecule has 0 radical (unpaired) electrons. The summed E-state index contributed by atoms with van der Waals surface area (Å²) in [6.07, 6.45) is 1.88. The van der Waals surface area contributed by atoms with Crippen LogP contribution in [0, 0.1) is 13.8 Å². The number of aromatic nitrogens is 2. The van der Waals surface area contributed by atoms with Crippen LogP contribution in [0.25, 0.3) is 10.7 Å². The van der Waals surface area contributed by atoms with Gasteiger partial charge in [0.15, 0.2) is 5.82 Å².